The van der Waals surface area contributed by atoms with Crippen molar-refractivity contribution < 1.29 is 9.53 Å². The summed E-state index contributed by atoms with van der Waals surface area (Å²) in [5, 5.41) is 0. The lowest BCUT2D eigenvalue weighted by molar-refractivity contribution is -0.144. The summed E-state index contributed by atoms with van der Waals surface area (Å²) in [4.78, 5) is 11.6. The zero-order chi connectivity index (χ0) is 13.7. The van der Waals surface area contributed by atoms with Crippen molar-refractivity contribution >= 4 is 5.97 Å². The Morgan fingerprint density at radius 3 is 2.12 bits per heavy atom. The van der Waals surface area contributed by atoms with Crippen LogP contribution in [0.4, 0.5) is 0 Å². The highest BCUT2D eigenvalue weighted by Gasteiger charge is 2.37. The van der Waals surface area contributed by atoms with Crippen molar-refractivity contribution in [3.8, 4) is 0 Å². The van der Waals surface area contributed by atoms with Crippen LogP contribution in [0.5, 0.6) is 0 Å². The van der Waals surface area contributed by atoms with E-state index in [-0.39, 0.29) is 16.8 Å². The van der Waals surface area contributed by atoms with E-state index in [0.717, 1.165) is 19.3 Å². The molecule has 0 radical (unpaired) electrons. The van der Waals surface area contributed by atoms with Gasteiger partial charge in [0.05, 0.1) is 13.5 Å². The molecule has 0 N–H and O–H groups in total. The van der Waals surface area contributed by atoms with Crippen LogP contribution in [0.25, 0.3) is 0 Å². The van der Waals surface area contributed by atoms with Crippen LogP contribution in [0.2, 0.25) is 0 Å². The summed E-state index contributed by atoms with van der Waals surface area (Å²) < 4.78 is 4.85. The van der Waals surface area contributed by atoms with Gasteiger partial charge in [-0.15, -0.1) is 0 Å². The molecule has 0 bridgehead atoms. The molecule has 0 amide bonds. The largest absolute Gasteiger partial charge is 0.469 e. The Balaban J connectivity index is 4.91. The van der Waals surface area contributed by atoms with Gasteiger partial charge in [0.1, 0.15) is 0 Å². The molecule has 0 fully saturated rings. The molecule has 2 nitrogen and oxygen atoms in total. The summed E-state index contributed by atoms with van der Waals surface area (Å²) in [7, 11) is 1.48. The topological polar surface area (TPSA) is 26.3 Å². The summed E-state index contributed by atoms with van der Waals surface area (Å²) in [6.07, 6.45) is 3.84. The third-order valence-corrected chi connectivity index (χ3v) is 4.42. The van der Waals surface area contributed by atoms with Gasteiger partial charge in [-0.25, -0.2) is 0 Å². The van der Waals surface area contributed by atoms with Gasteiger partial charge in [-0.2, -0.15) is 0 Å². The summed E-state index contributed by atoms with van der Waals surface area (Å²) in [5.41, 5.74) is 0.327. The third kappa shape index (κ3) is 5.10. The number of esters is 1. The van der Waals surface area contributed by atoms with Crippen LogP contribution < -0.4 is 0 Å². The van der Waals surface area contributed by atoms with Crippen LogP contribution >= 0.6 is 0 Å². The minimum atomic E-state index is -0.0836. The third-order valence-electron chi connectivity index (χ3n) is 4.42. The average Bonchev–Trinajstić information content (AvgIpc) is 2.26. The van der Waals surface area contributed by atoms with Crippen molar-refractivity contribution in [2.24, 2.45) is 16.7 Å². The summed E-state index contributed by atoms with van der Waals surface area (Å²) in [6.45, 7) is 13.5. The molecule has 2 unspecified atom stereocenters. The molecule has 0 aromatic heterocycles. The normalized spacial score (nSPS) is 17.4. The first kappa shape index (κ1) is 16.5. The number of methoxy groups -OCH3 is 1. The average molecular weight is 242 g/mol. The molecule has 0 rings (SSSR count). The maximum absolute atomic E-state index is 11.6. The van der Waals surface area contributed by atoms with Crippen LogP contribution in [0.3, 0.4) is 0 Å². The quantitative estimate of drug-likeness (QED) is 0.617. The number of carbonyl (C=O) groups excluding carboxylic acids is 1. The van der Waals surface area contributed by atoms with Crippen molar-refractivity contribution in [3.05, 3.63) is 0 Å². The Kier molecular flexibility index (Phi) is 6.22. The van der Waals surface area contributed by atoms with E-state index in [1.165, 1.54) is 7.11 Å². The predicted octanol–water partition coefficient (Wildman–Crippen LogP) is 4.43. The number of hydrogen-bond acceptors (Lipinski definition) is 2. The van der Waals surface area contributed by atoms with Crippen LogP contribution in [0, 0.1) is 16.7 Å². The monoisotopic (exact) mass is 242 g/mol. The van der Waals surface area contributed by atoms with E-state index in [1.54, 1.807) is 0 Å². The summed E-state index contributed by atoms with van der Waals surface area (Å²) in [5.74, 6) is 0.451. The Labute approximate surface area is 107 Å². The van der Waals surface area contributed by atoms with Gasteiger partial charge in [-0.05, 0) is 23.2 Å². The van der Waals surface area contributed by atoms with E-state index < -0.39 is 0 Å². The van der Waals surface area contributed by atoms with Gasteiger partial charge < -0.3 is 4.74 Å². The molecule has 0 aromatic carbocycles. The fourth-order valence-corrected chi connectivity index (χ4v) is 2.52. The van der Waals surface area contributed by atoms with E-state index in [1.807, 2.05) is 0 Å². The highest BCUT2D eigenvalue weighted by molar-refractivity contribution is 5.70. The summed E-state index contributed by atoms with van der Waals surface area (Å²) in [6, 6.07) is 0. The van der Waals surface area contributed by atoms with Gasteiger partial charge >= 0.3 is 5.97 Å². The van der Waals surface area contributed by atoms with Gasteiger partial charge in [0.15, 0.2) is 0 Å². The highest BCUT2D eigenvalue weighted by atomic mass is 16.5. The first-order valence-electron chi connectivity index (χ1n) is 6.77. The zero-order valence-electron chi connectivity index (χ0n) is 12.7. The Bertz CT molecular complexity index is 245. The molecule has 0 spiro atoms. The molecule has 102 valence electrons. The molecular weight excluding hydrogens is 212 g/mol. The van der Waals surface area contributed by atoms with E-state index in [9.17, 15) is 4.79 Å². The molecule has 0 saturated heterocycles. The van der Waals surface area contributed by atoms with Crippen molar-refractivity contribution in [1.29, 1.82) is 0 Å². The lowest BCUT2D eigenvalue weighted by atomic mass is 9.64. The lowest BCUT2D eigenvalue weighted by Gasteiger charge is -2.40. The molecule has 17 heavy (non-hydrogen) atoms. The zero-order valence-corrected chi connectivity index (χ0v) is 12.7. The van der Waals surface area contributed by atoms with Gasteiger partial charge in [0, 0.05) is 0 Å². The van der Waals surface area contributed by atoms with Gasteiger partial charge in [0.25, 0.3) is 0 Å². The minimum absolute atomic E-state index is 0.0430. The van der Waals surface area contributed by atoms with Crippen molar-refractivity contribution in [1.82, 2.24) is 0 Å². The van der Waals surface area contributed by atoms with Crippen LogP contribution in [-0.4, -0.2) is 13.1 Å². The standard InChI is InChI=1S/C15H30O2/c1-8-12(3)15(6,10-13(16)17-7)11-14(4,5)9-2/h12H,8-11H2,1-7H3. The maximum Gasteiger partial charge on any atom is 0.306 e. The second-order valence-electron chi connectivity index (χ2n) is 6.41. The second-order valence-corrected chi connectivity index (χ2v) is 6.41. The molecule has 0 aliphatic carbocycles. The second kappa shape index (κ2) is 6.42. The highest BCUT2D eigenvalue weighted by Crippen LogP contribution is 2.44. The van der Waals surface area contributed by atoms with Crippen molar-refractivity contribution in [2.75, 3.05) is 7.11 Å². The lowest BCUT2D eigenvalue weighted by Crippen LogP contribution is -2.33. The molecule has 0 aliphatic rings. The van der Waals surface area contributed by atoms with E-state index in [4.69, 9.17) is 4.74 Å². The van der Waals surface area contributed by atoms with Crippen LogP contribution in [0.1, 0.15) is 67.2 Å². The molecule has 2 atom stereocenters. The first-order chi connectivity index (χ1) is 7.70. The smallest absolute Gasteiger partial charge is 0.306 e. The summed E-state index contributed by atoms with van der Waals surface area (Å²) >= 11 is 0. The van der Waals surface area contributed by atoms with Crippen molar-refractivity contribution in [3.63, 3.8) is 0 Å². The SMILES string of the molecule is CCC(C)C(C)(CC(=O)OC)CC(C)(C)CC. The van der Waals surface area contributed by atoms with Crippen LogP contribution in [0.15, 0.2) is 0 Å². The molecule has 0 saturated carbocycles. The number of carbonyl (C=O) groups is 1. The molecule has 0 heterocycles. The molecule has 0 aromatic rings. The molecule has 0 aliphatic heterocycles. The Hall–Kier alpha value is -0.530. The Morgan fingerprint density at radius 2 is 1.76 bits per heavy atom. The van der Waals surface area contributed by atoms with Gasteiger partial charge in [-0.1, -0.05) is 54.4 Å². The van der Waals surface area contributed by atoms with Crippen molar-refractivity contribution in [2.45, 2.75) is 67.2 Å². The van der Waals surface area contributed by atoms with Gasteiger partial charge in [-0.3, -0.25) is 4.79 Å². The van der Waals surface area contributed by atoms with E-state index in [2.05, 4.69) is 41.5 Å². The number of rotatable bonds is 7. The number of hydrogen-bond donors (Lipinski definition) is 0. The van der Waals surface area contributed by atoms with E-state index >= 15 is 0 Å². The fourth-order valence-electron chi connectivity index (χ4n) is 2.52. The first-order valence-corrected chi connectivity index (χ1v) is 6.77. The fraction of sp³-hybridized carbons (Fsp3) is 0.933. The predicted molar refractivity (Wildman–Crippen MR) is 72.9 cm³/mol. The molecular formula is C15H30O2. The number of ether oxygens (including phenoxy) is 1. The minimum Gasteiger partial charge on any atom is -0.469 e. The van der Waals surface area contributed by atoms with E-state index in [0.29, 0.717) is 12.3 Å². The molecule has 2 heteroatoms. The maximum atomic E-state index is 11.6. The Morgan fingerprint density at radius 1 is 1.24 bits per heavy atom. The van der Waals surface area contributed by atoms with Gasteiger partial charge in [0.2, 0.25) is 0 Å². The van der Waals surface area contributed by atoms with Crippen LogP contribution in [-0.2, 0) is 9.53 Å².